The van der Waals surface area contributed by atoms with Crippen LogP contribution < -0.4 is 11.1 Å². The fraction of sp³-hybridized carbons (Fsp3) is 0.200. The van der Waals surface area contributed by atoms with Gasteiger partial charge < -0.3 is 15.5 Å². The van der Waals surface area contributed by atoms with Crippen molar-refractivity contribution in [2.45, 2.75) is 6.42 Å². The summed E-state index contributed by atoms with van der Waals surface area (Å²) in [5.74, 6) is 0.508. The molecule has 0 radical (unpaired) electrons. The fourth-order valence-electron chi connectivity index (χ4n) is 1.24. The molecule has 0 saturated heterocycles. The van der Waals surface area contributed by atoms with Crippen LogP contribution in [0.25, 0.3) is 0 Å². The quantitative estimate of drug-likeness (QED) is 0.906. The van der Waals surface area contributed by atoms with Crippen molar-refractivity contribution in [3.63, 3.8) is 0 Å². The molecule has 0 amide bonds. The highest BCUT2D eigenvalue weighted by Gasteiger charge is 2.07. The Balaban J connectivity index is 2.16. The highest BCUT2D eigenvalue weighted by atomic mass is 79.9. The van der Waals surface area contributed by atoms with Gasteiger partial charge in [0.1, 0.15) is 0 Å². The van der Waals surface area contributed by atoms with E-state index in [9.17, 15) is 0 Å². The average Bonchev–Trinajstić information content (AvgIpc) is 2.72. The van der Waals surface area contributed by atoms with Gasteiger partial charge in [-0.3, -0.25) is 0 Å². The van der Waals surface area contributed by atoms with Crippen molar-refractivity contribution < 1.29 is 4.42 Å². The van der Waals surface area contributed by atoms with Crippen molar-refractivity contribution in [3.8, 4) is 0 Å². The van der Waals surface area contributed by atoms with Crippen LogP contribution >= 0.6 is 27.5 Å². The number of benzene rings is 1. The molecule has 17 heavy (non-hydrogen) atoms. The van der Waals surface area contributed by atoms with Gasteiger partial charge in [0.25, 0.3) is 0 Å². The van der Waals surface area contributed by atoms with Gasteiger partial charge in [-0.05, 0) is 34.1 Å². The van der Waals surface area contributed by atoms with E-state index in [2.05, 4.69) is 31.4 Å². The number of halogens is 2. The van der Waals surface area contributed by atoms with Crippen LogP contribution in [0, 0.1) is 0 Å². The Bertz CT molecular complexity index is 517. The van der Waals surface area contributed by atoms with E-state index < -0.39 is 0 Å². The number of aromatic nitrogens is 2. The Morgan fingerprint density at radius 2 is 2.24 bits per heavy atom. The van der Waals surface area contributed by atoms with E-state index in [0.29, 0.717) is 29.9 Å². The van der Waals surface area contributed by atoms with Crippen molar-refractivity contribution >= 4 is 39.2 Å². The molecule has 0 bridgehead atoms. The third kappa shape index (κ3) is 3.18. The maximum Gasteiger partial charge on any atom is 0.320 e. The predicted molar refractivity (Wildman–Crippen MR) is 69.5 cm³/mol. The molecule has 7 heteroatoms. The molecule has 1 aromatic carbocycles. The second-order valence-electron chi connectivity index (χ2n) is 3.29. The molecule has 1 aromatic heterocycles. The van der Waals surface area contributed by atoms with Crippen LogP contribution in [0.1, 0.15) is 5.89 Å². The topological polar surface area (TPSA) is 77.0 Å². The molecule has 0 atom stereocenters. The van der Waals surface area contributed by atoms with Crippen LogP contribution in [0.2, 0.25) is 5.02 Å². The first-order valence-electron chi connectivity index (χ1n) is 4.93. The molecule has 0 saturated carbocycles. The van der Waals surface area contributed by atoms with E-state index in [1.54, 1.807) is 12.1 Å². The minimum atomic E-state index is 0.316. The highest BCUT2D eigenvalue weighted by molar-refractivity contribution is 9.10. The number of hydrogen-bond donors (Lipinski definition) is 2. The summed E-state index contributed by atoms with van der Waals surface area (Å²) in [5.41, 5.74) is 6.16. The summed E-state index contributed by atoms with van der Waals surface area (Å²) < 4.78 is 6.21. The summed E-state index contributed by atoms with van der Waals surface area (Å²) in [6.07, 6.45) is 0.561. The molecule has 0 aliphatic rings. The Labute approximate surface area is 111 Å². The summed E-state index contributed by atoms with van der Waals surface area (Å²) in [7, 11) is 0. The molecular formula is C10H10BrClN4O. The molecule has 5 nitrogen and oxygen atoms in total. The SMILES string of the molecule is NCCc1nnc(Nc2cc(Cl)ccc2Br)o1. The molecule has 1 heterocycles. The molecule has 90 valence electrons. The van der Waals surface area contributed by atoms with Crippen LogP contribution in [-0.2, 0) is 6.42 Å². The Morgan fingerprint density at radius 1 is 1.41 bits per heavy atom. The molecule has 3 N–H and O–H groups in total. The van der Waals surface area contributed by atoms with Gasteiger partial charge in [-0.2, -0.15) is 0 Å². The van der Waals surface area contributed by atoms with Crippen molar-refractivity contribution in [2.75, 3.05) is 11.9 Å². The lowest BCUT2D eigenvalue weighted by Crippen LogP contribution is -2.02. The molecule has 0 unspecified atom stereocenters. The minimum Gasteiger partial charge on any atom is -0.408 e. The first-order valence-corrected chi connectivity index (χ1v) is 6.10. The van der Waals surface area contributed by atoms with E-state index in [0.717, 1.165) is 10.2 Å². The summed E-state index contributed by atoms with van der Waals surface area (Å²) in [6, 6.07) is 5.70. The predicted octanol–water partition coefficient (Wildman–Crippen LogP) is 2.73. The molecule has 2 aromatic rings. The van der Waals surface area contributed by atoms with Crippen LogP contribution in [0.4, 0.5) is 11.7 Å². The lowest BCUT2D eigenvalue weighted by Gasteiger charge is -2.04. The first-order chi connectivity index (χ1) is 8.19. The molecular weight excluding hydrogens is 307 g/mol. The van der Waals surface area contributed by atoms with E-state index in [-0.39, 0.29) is 0 Å². The standard InChI is InChI=1S/C10H10BrClN4O/c11-7-2-1-6(12)5-8(7)14-10-16-15-9(17-10)3-4-13/h1-2,5H,3-4,13H2,(H,14,16). The summed E-state index contributed by atoms with van der Waals surface area (Å²) in [5, 5.41) is 11.3. The lowest BCUT2D eigenvalue weighted by atomic mass is 10.3. The zero-order valence-corrected chi connectivity index (χ0v) is 11.1. The molecule has 2 rings (SSSR count). The minimum absolute atomic E-state index is 0.316. The Hall–Kier alpha value is -1.11. The van der Waals surface area contributed by atoms with E-state index >= 15 is 0 Å². The van der Waals surface area contributed by atoms with Gasteiger partial charge in [0.15, 0.2) is 0 Å². The number of nitrogens with one attached hydrogen (secondary N) is 1. The number of hydrogen-bond acceptors (Lipinski definition) is 5. The fourth-order valence-corrected chi connectivity index (χ4v) is 1.75. The van der Waals surface area contributed by atoms with E-state index in [4.69, 9.17) is 21.8 Å². The highest BCUT2D eigenvalue weighted by Crippen LogP contribution is 2.28. The number of nitrogens with two attached hydrogens (primary N) is 1. The van der Waals surface area contributed by atoms with Gasteiger partial charge in [-0.15, -0.1) is 5.10 Å². The smallest absolute Gasteiger partial charge is 0.320 e. The molecule has 0 aliphatic heterocycles. The second-order valence-corrected chi connectivity index (χ2v) is 4.58. The number of rotatable bonds is 4. The van der Waals surface area contributed by atoms with Crippen molar-refractivity contribution in [3.05, 3.63) is 33.6 Å². The Kier molecular flexibility index (Phi) is 3.98. The molecule has 0 spiro atoms. The normalized spacial score (nSPS) is 10.5. The maximum atomic E-state index is 5.89. The summed E-state index contributed by atoms with van der Waals surface area (Å²) in [6.45, 7) is 0.475. The van der Waals surface area contributed by atoms with E-state index in [1.807, 2.05) is 6.07 Å². The van der Waals surface area contributed by atoms with Gasteiger partial charge in [0.2, 0.25) is 5.89 Å². The van der Waals surface area contributed by atoms with Crippen molar-refractivity contribution in [2.24, 2.45) is 5.73 Å². The van der Waals surface area contributed by atoms with E-state index in [1.165, 1.54) is 0 Å². The van der Waals surface area contributed by atoms with Gasteiger partial charge >= 0.3 is 6.01 Å². The third-order valence-electron chi connectivity index (χ3n) is 2.00. The van der Waals surface area contributed by atoms with Crippen molar-refractivity contribution in [1.82, 2.24) is 10.2 Å². The monoisotopic (exact) mass is 316 g/mol. The number of nitrogens with zero attached hydrogens (tertiary/aromatic N) is 2. The third-order valence-corrected chi connectivity index (χ3v) is 2.92. The van der Waals surface area contributed by atoms with Gasteiger partial charge in [0, 0.05) is 22.5 Å². The first kappa shape index (κ1) is 12.3. The summed E-state index contributed by atoms with van der Waals surface area (Å²) in [4.78, 5) is 0. The number of anilines is 2. The average molecular weight is 318 g/mol. The summed E-state index contributed by atoms with van der Waals surface area (Å²) >= 11 is 9.29. The van der Waals surface area contributed by atoms with Gasteiger partial charge in [-0.25, -0.2) is 0 Å². The zero-order valence-electron chi connectivity index (χ0n) is 8.78. The molecule has 0 fully saturated rings. The lowest BCUT2D eigenvalue weighted by molar-refractivity contribution is 0.510. The zero-order chi connectivity index (χ0) is 12.3. The van der Waals surface area contributed by atoms with Crippen LogP contribution in [0.15, 0.2) is 27.1 Å². The van der Waals surface area contributed by atoms with Crippen LogP contribution in [0.5, 0.6) is 0 Å². The van der Waals surface area contributed by atoms with Crippen LogP contribution in [0.3, 0.4) is 0 Å². The van der Waals surface area contributed by atoms with Gasteiger partial charge in [0.05, 0.1) is 5.69 Å². The maximum absolute atomic E-state index is 5.89. The Morgan fingerprint density at radius 3 is 3.00 bits per heavy atom. The second kappa shape index (κ2) is 5.48. The largest absolute Gasteiger partial charge is 0.408 e. The van der Waals surface area contributed by atoms with Crippen LogP contribution in [-0.4, -0.2) is 16.7 Å². The molecule has 0 aliphatic carbocycles. The van der Waals surface area contributed by atoms with Gasteiger partial charge in [-0.1, -0.05) is 16.7 Å². The van der Waals surface area contributed by atoms with Crippen molar-refractivity contribution in [1.29, 1.82) is 0 Å².